The summed E-state index contributed by atoms with van der Waals surface area (Å²) in [5.74, 6) is 1.41. The largest absolute Gasteiger partial charge is 0.594 e. The topological polar surface area (TPSA) is 47.7 Å². The van der Waals surface area contributed by atoms with Crippen molar-refractivity contribution in [2.45, 2.75) is 33.6 Å². The molecule has 0 aromatic heterocycles. The minimum absolute atomic E-state index is 0.483. The zero-order valence-electron chi connectivity index (χ0n) is 14.0. The van der Waals surface area contributed by atoms with Crippen LogP contribution in [0.25, 0.3) is 0 Å². The van der Waals surface area contributed by atoms with Crippen molar-refractivity contribution < 1.29 is 9.60 Å². The predicted molar refractivity (Wildman–Crippen MR) is 92.6 cm³/mol. The Balaban J connectivity index is 2.07. The van der Waals surface area contributed by atoms with Crippen LogP contribution in [0.2, 0.25) is 0 Å². The first kappa shape index (κ1) is 17.0. The molecule has 0 saturated carbocycles. The van der Waals surface area contributed by atoms with E-state index in [2.05, 4.69) is 19.0 Å². The molecule has 0 spiro atoms. The first-order valence-electron chi connectivity index (χ1n) is 8.13. The summed E-state index contributed by atoms with van der Waals surface area (Å²) in [7, 11) is 0. The zero-order chi connectivity index (χ0) is 16.7. The van der Waals surface area contributed by atoms with Gasteiger partial charge in [-0.05, 0) is 49.1 Å². The van der Waals surface area contributed by atoms with E-state index >= 15 is 0 Å². The fourth-order valence-corrected chi connectivity index (χ4v) is 2.24. The number of benzene rings is 2. The van der Waals surface area contributed by atoms with Crippen molar-refractivity contribution in [3.05, 3.63) is 59.3 Å². The third-order valence-electron chi connectivity index (χ3n) is 3.79. The molecule has 4 heteroatoms. The van der Waals surface area contributed by atoms with Crippen LogP contribution in [0.15, 0.2) is 53.6 Å². The number of hydrogen-bond donors (Lipinski definition) is 0. The van der Waals surface area contributed by atoms with Crippen LogP contribution < -0.4 is 4.74 Å². The highest BCUT2D eigenvalue weighted by atomic mass is 16.5. The van der Waals surface area contributed by atoms with Gasteiger partial charge < -0.3 is 9.94 Å². The molecule has 0 N–H and O–H groups in total. The molecule has 0 heterocycles. The zero-order valence-corrected chi connectivity index (χ0v) is 14.0. The van der Waals surface area contributed by atoms with Gasteiger partial charge in [0.1, 0.15) is 11.4 Å². The molecule has 4 nitrogen and oxygen atoms in total. The van der Waals surface area contributed by atoms with Crippen molar-refractivity contribution in [2.75, 3.05) is 6.61 Å². The monoisotopic (exact) mass is 312 g/mol. The van der Waals surface area contributed by atoms with E-state index in [-0.39, 0.29) is 0 Å². The molecule has 1 atom stereocenters. The highest BCUT2D eigenvalue weighted by molar-refractivity contribution is 5.39. The Labute approximate surface area is 138 Å². The second kappa shape index (κ2) is 8.32. The first-order valence-corrected chi connectivity index (χ1v) is 8.13. The Morgan fingerprint density at radius 2 is 1.70 bits per heavy atom. The van der Waals surface area contributed by atoms with E-state index in [4.69, 9.17) is 4.74 Å². The lowest BCUT2D eigenvalue weighted by Gasteiger charge is -2.07. The lowest BCUT2D eigenvalue weighted by atomic mass is 9.99. The fourth-order valence-electron chi connectivity index (χ4n) is 2.24. The van der Waals surface area contributed by atoms with E-state index in [1.54, 1.807) is 24.3 Å². The van der Waals surface area contributed by atoms with E-state index in [1.165, 1.54) is 5.56 Å². The van der Waals surface area contributed by atoms with Crippen LogP contribution >= 0.6 is 0 Å². The van der Waals surface area contributed by atoms with E-state index in [9.17, 15) is 5.21 Å². The Kier molecular flexibility index (Phi) is 6.15. The maximum absolute atomic E-state index is 12.1. The fraction of sp³-hybridized carbons (Fsp3) is 0.368. The molecule has 122 valence electrons. The van der Waals surface area contributed by atoms with Crippen molar-refractivity contribution in [1.29, 1.82) is 0 Å². The summed E-state index contributed by atoms with van der Waals surface area (Å²) < 4.78 is 5.36. The SMILES string of the molecule is CCOc1ccc([N+]([O-])=Nc2ccc(CC(C)CC)cc2)cc1. The average Bonchev–Trinajstić information content (AvgIpc) is 2.57. The molecule has 23 heavy (non-hydrogen) atoms. The number of ether oxygens (including phenoxy) is 1. The van der Waals surface area contributed by atoms with Gasteiger partial charge in [0.15, 0.2) is 0 Å². The van der Waals surface area contributed by atoms with Gasteiger partial charge in [0, 0.05) is 17.2 Å². The van der Waals surface area contributed by atoms with Crippen molar-refractivity contribution in [1.82, 2.24) is 0 Å². The van der Waals surface area contributed by atoms with Gasteiger partial charge in [0.05, 0.1) is 6.61 Å². The Morgan fingerprint density at radius 1 is 1.04 bits per heavy atom. The van der Waals surface area contributed by atoms with Gasteiger partial charge in [-0.2, -0.15) is 0 Å². The summed E-state index contributed by atoms with van der Waals surface area (Å²) in [5.41, 5.74) is 2.41. The third-order valence-corrected chi connectivity index (χ3v) is 3.79. The van der Waals surface area contributed by atoms with Gasteiger partial charge in [-0.1, -0.05) is 37.3 Å². The molecule has 2 rings (SSSR count). The van der Waals surface area contributed by atoms with Crippen LogP contribution in [0.1, 0.15) is 32.8 Å². The maximum atomic E-state index is 12.1. The summed E-state index contributed by atoms with van der Waals surface area (Å²) in [5, 5.41) is 16.2. The summed E-state index contributed by atoms with van der Waals surface area (Å²) >= 11 is 0. The first-order chi connectivity index (χ1) is 11.1. The minimum atomic E-state index is 0.483. The third kappa shape index (κ3) is 5.09. The molecule has 0 saturated heterocycles. The molecule has 2 aromatic carbocycles. The number of rotatable bonds is 7. The van der Waals surface area contributed by atoms with E-state index in [0.717, 1.165) is 18.6 Å². The number of hydrogen-bond acceptors (Lipinski definition) is 3. The number of nitrogens with zero attached hydrogens (tertiary/aromatic N) is 2. The van der Waals surface area contributed by atoms with Gasteiger partial charge in [-0.3, -0.25) is 0 Å². The van der Waals surface area contributed by atoms with Crippen molar-refractivity contribution in [2.24, 2.45) is 11.0 Å². The van der Waals surface area contributed by atoms with Crippen molar-refractivity contribution in [3.8, 4) is 5.75 Å². The van der Waals surface area contributed by atoms with Gasteiger partial charge >= 0.3 is 0 Å². The van der Waals surface area contributed by atoms with Gasteiger partial charge in [0.25, 0.3) is 0 Å². The predicted octanol–water partition coefficient (Wildman–Crippen LogP) is 5.60. The molecule has 0 aliphatic carbocycles. The Morgan fingerprint density at radius 3 is 2.26 bits per heavy atom. The van der Waals surface area contributed by atoms with Gasteiger partial charge in [-0.25, -0.2) is 0 Å². The maximum Gasteiger partial charge on any atom is 0.245 e. The molecule has 0 fully saturated rings. The van der Waals surface area contributed by atoms with E-state index in [0.29, 0.717) is 28.8 Å². The van der Waals surface area contributed by atoms with Crippen LogP contribution in [0.4, 0.5) is 11.4 Å². The van der Waals surface area contributed by atoms with Crippen molar-refractivity contribution in [3.63, 3.8) is 0 Å². The minimum Gasteiger partial charge on any atom is -0.594 e. The van der Waals surface area contributed by atoms with E-state index < -0.39 is 0 Å². The van der Waals surface area contributed by atoms with Crippen LogP contribution in [0, 0.1) is 11.1 Å². The molecule has 0 bridgehead atoms. The second-order valence-corrected chi connectivity index (χ2v) is 5.68. The van der Waals surface area contributed by atoms with Gasteiger partial charge in [-0.15, -0.1) is 0 Å². The standard InChI is InChI=1S/C19H24N2O2/c1-4-15(3)14-16-6-8-17(9-7-16)20-21(22)18-10-12-19(13-11-18)23-5-2/h6-13,15H,4-5,14H2,1-3H3. The summed E-state index contributed by atoms with van der Waals surface area (Å²) in [6, 6.07) is 14.8. The summed E-state index contributed by atoms with van der Waals surface area (Å²) in [6.07, 6.45) is 2.22. The Bertz CT molecular complexity index is 633. The molecule has 0 amide bonds. The molecule has 0 aliphatic heterocycles. The highest BCUT2D eigenvalue weighted by Crippen LogP contribution is 2.21. The van der Waals surface area contributed by atoms with Crippen LogP contribution in [-0.2, 0) is 6.42 Å². The lowest BCUT2D eigenvalue weighted by Crippen LogP contribution is -1.97. The smallest absolute Gasteiger partial charge is 0.245 e. The summed E-state index contributed by atoms with van der Waals surface area (Å²) in [4.78, 5) is 0.638. The van der Waals surface area contributed by atoms with Crippen LogP contribution in [-0.4, -0.2) is 11.5 Å². The number of azo groups is 1. The molecular weight excluding hydrogens is 288 g/mol. The molecule has 1 unspecified atom stereocenters. The van der Waals surface area contributed by atoms with Crippen molar-refractivity contribution >= 4 is 11.4 Å². The normalized spacial score (nSPS) is 12.9. The average molecular weight is 312 g/mol. The van der Waals surface area contributed by atoms with Crippen LogP contribution in [0.3, 0.4) is 0 Å². The second-order valence-electron chi connectivity index (χ2n) is 5.68. The van der Waals surface area contributed by atoms with Crippen LogP contribution in [0.5, 0.6) is 5.75 Å². The highest BCUT2D eigenvalue weighted by Gasteiger charge is 2.06. The molecular formula is C19H24N2O2. The van der Waals surface area contributed by atoms with E-state index in [1.807, 2.05) is 31.2 Å². The molecule has 2 aromatic rings. The Hall–Kier alpha value is -2.36. The quantitative estimate of drug-likeness (QED) is 0.379. The van der Waals surface area contributed by atoms with Gasteiger partial charge in [0.2, 0.25) is 5.69 Å². The lowest BCUT2D eigenvalue weighted by molar-refractivity contribution is -0.435. The summed E-state index contributed by atoms with van der Waals surface area (Å²) in [6.45, 7) is 6.96. The molecule has 0 aliphatic rings. The molecule has 0 radical (unpaired) electrons.